The van der Waals surface area contributed by atoms with Crippen LogP contribution in [0.4, 0.5) is 4.39 Å². The predicted molar refractivity (Wildman–Crippen MR) is 79.4 cm³/mol. The molecule has 1 saturated carbocycles. The smallest absolute Gasteiger partial charge is 0.137 e. The number of hydrogen-bond acceptors (Lipinski definition) is 1. The molecule has 104 valence electrons. The Morgan fingerprint density at radius 1 is 1.16 bits per heavy atom. The molecule has 1 aliphatic carbocycles. The minimum absolute atomic E-state index is 0.172. The Kier molecular flexibility index (Phi) is 4.23. The highest BCUT2D eigenvalue weighted by Gasteiger charge is 2.30. The highest BCUT2D eigenvalue weighted by molar-refractivity contribution is 9.10. The molecule has 1 aromatic carbocycles. The number of benzene rings is 1. The van der Waals surface area contributed by atoms with Crippen molar-refractivity contribution in [1.29, 1.82) is 0 Å². The highest BCUT2D eigenvalue weighted by Crippen LogP contribution is 2.36. The van der Waals surface area contributed by atoms with Gasteiger partial charge >= 0.3 is 0 Å². The van der Waals surface area contributed by atoms with E-state index in [1.807, 2.05) is 12.1 Å². The van der Waals surface area contributed by atoms with Crippen LogP contribution in [0.3, 0.4) is 0 Å². The number of rotatable bonds is 2. The number of piperidine rings is 1. The van der Waals surface area contributed by atoms with Crippen LogP contribution in [0.15, 0.2) is 22.7 Å². The van der Waals surface area contributed by atoms with Gasteiger partial charge in [-0.05, 0) is 64.8 Å². The summed E-state index contributed by atoms with van der Waals surface area (Å²) in [6, 6.07) is 5.39. The molecule has 2 atom stereocenters. The molecular formula is C16H21BrFN. The van der Waals surface area contributed by atoms with Gasteiger partial charge in [-0.2, -0.15) is 0 Å². The Bertz CT molecular complexity index is 448. The van der Waals surface area contributed by atoms with E-state index < -0.39 is 0 Å². The lowest BCUT2D eigenvalue weighted by molar-refractivity contribution is 0.0820. The Hall–Kier alpha value is -0.410. The molecule has 3 rings (SSSR count). The molecule has 1 aliphatic heterocycles. The maximum atomic E-state index is 13.2. The summed E-state index contributed by atoms with van der Waals surface area (Å²) in [5.74, 6) is 1.71. The number of likely N-dealkylation sites (tertiary alicyclic amines) is 1. The standard InChI is InChI=1S/C16H21BrFN/c17-15-9-12(5-6-16(15)18)10-19-8-7-13-3-1-2-4-14(13)11-19/h5-6,9,13-14H,1-4,7-8,10-11H2. The zero-order valence-electron chi connectivity index (χ0n) is 11.2. The van der Waals surface area contributed by atoms with Crippen molar-refractivity contribution >= 4 is 15.9 Å². The third-order valence-corrected chi connectivity index (χ3v) is 5.37. The summed E-state index contributed by atoms with van der Waals surface area (Å²) in [4.78, 5) is 2.55. The molecule has 19 heavy (non-hydrogen) atoms. The summed E-state index contributed by atoms with van der Waals surface area (Å²) in [7, 11) is 0. The first-order valence-corrected chi connectivity index (χ1v) is 8.18. The fourth-order valence-corrected chi connectivity index (χ4v) is 4.14. The maximum Gasteiger partial charge on any atom is 0.137 e. The Labute approximate surface area is 123 Å². The van der Waals surface area contributed by atoms with E-state index in [1.165, 1.54) is 50.8 Å². The van der Waals surface area contributed by atoms with Crippen LogP contribution in [-0.4, -0.2) is 18.0 Å². The van der Waals surface area contributed by atoms with Crippen LogP contribution in [0.5, 0.6) is 0 Å². The molecule has 0 radical (unpaired) electrons. The quantitative estimate of drug-likeness (QED) is 0.768. The Morgan fingerprint density at radius 2 is 1.95 bits per heavy atom. The zero-order chi connectivity index (χ0) is 13.2. The second-order valence-electron chi connectivity index (χ2n) is 6.08. The van der Waals surface area contributed by atoms with Gasteiger partial charge in [0, 0.05) is 13.1 Å². The van der Waals surface area contributed by atoms with E-state index in [2.05, 4.69) is 20.8 Å². The zero-order valence-corrected chi connectivity index (χ0v) is 12.8. The van der Waals surface area contributed by atoms with Crippen molar-refractivity contribution in [2.45, 2.75) is 38.6 Å². The Morgan fingerprint density at radius 3 is 2.74 bits per heavy atom. The van der Waals surface area contributed by atoms with Crippen molar-refractivity contribution in [3.63, 3.8) is 0 Å². The average molecular weight is 326 g/mol. The largest absolute Gasteiger partial charge is 0.299 e. The first-order valence-electron chi connectivity index (χ1n) is 7.38. The van der Waals surface area contributed by atoms with Gasteiger partial charge in [0.25, 0.3) is 0 Å². The number of halogens is 2. The average Bonchev–Trinajstić information content (AvgIpc) is 2.43. The molecule has 0 spiro atoms. The molecule has 1 nitrogen and oxygen atoms in total. The number of fused-ring (bicyclic) bond motifs is 1. The van der Waals surface area contributed by atoms with E-state index >= 15 is 0 Å². The topological polar surface area (TPSA) is 3.24 Å². The summed E-state index contributed by atoms with van der Waals surface area (Å²) < 4.78 is 13.8. The molecule has 1 saturated heterocycles. The van der Waals surface area contributed by atoms with E-state index in [0.717, 1.165) is 18.4 Å². The lowest BCUT2D eigenvalue weighted by atomic mass is 9.75. The van der Waals surface area contributed by atoms with E-state index in [1.54, 1.807) is 6.07 Å². The van der Waals surface area contributed by atoms with Gasteiger partial charge in [0.05, 0.1) is 4.47 Å². The maximum absolute atomic E-state index is 13.2. The van der Waals surface area contributed by atoms with E-state index in [9.17, 15) is 4.39 Å². The second-order valence-corrected chi connectivity index (χ2v) is 6.93. The highest BCUT2D eigenvalue weighted by atomic mass is 79.9. The SMILES string of the molecule is Fc1ccc(CN2CCC3CCCCC3C2)cc1Br. The lowest BCUT2D eigenvalue weighted by Gasteiger charge is -2.41. The van der Waals surface area contributed by atoms with Crippen molar-refractivity contribution < 1.29 is 4.39 Å². The van der Waals surface area contributed by atoms with Crippen LogP contribution in [0.1, 0.15) is 37.7 Å². The summed E-state index contributed by atoms with van der Waals surface area (Å²) in [6.45, 7) is 3.40. The molecule has 1 heterocycles. The molecule has 0 amide bonds. The number of hydrogen-bond donors (Lipinski definition) is 0. The van der Waals surface area contributed by atoms with Gasteiger partial charge in [-0.15, -0.1) is 0 Å². The molecule has 2 aliphatic rings. The first-order chi connectivity index (χ1) is 9.22. The van der Waals surface area contributed by atoms with Crippen molar-refractivity contribution in [2.75, 3.05) is 13.1 Å². The van der Waals surface area contributed by atoms with Crippen LogP contribution in [0.25, 0.3) is 0 Å². The van der Waals surface area contributed by atoms with Crippen molar-refractivity contribution in [1.82, 2.24) is 4.90 Å². The minimum atomic E-state index is -0.172. The third-order valence-electron chi connectivity index (χ3n) is 4.77. The summed E-state index contributed by atoms with van der Waals surface area (Å²) in [5.41, 5.74) is 1.21. The fraction of sp³-hybridized carbons (Fsp3) is 0.625. The van der Waals surface area contributed by atoms with Crippen LogP contribution in [-0.2, 0) is 6.54 Å². The molecular weight excluding hydrogens is 305 g/mol. The van der Waals surface area contributed by atoms with Gasteiger partial charge in [-0.1, -0.05) is 25.3 Å². The third kappa shape index (κ3) is 3.19. The van der Waals surface area contributed by atoms with Gasteiger partial charge in [0.15, 0.2) is 0 Å². The number of nitrogens with zero attached hydrogens (tertiary/aromatic N) is 1. The van der Waals surface area contributed by atoms with Crippen LogP contribution in [0, 0.1) is 17.7 Å². The first kappa shape index (κ1) is 13.6. The fourth-order valence-electron chi connectivity index (χ4n) is 3.72. The molecule has 0 bridgehead atoms. The van der Waals surface area contributed by atoms with E-state index in [-0.39, 0.29) is 5.82 Å². The monoisotopic (exact) mass is 325 g/mol. The van der Waals surface area contributed by atoms with Crippen LogP contribution < -0.4 is 0 Å². The predicted octanol–water partition coefficient (Wildman–Crippen LogP) is 4.60. The molecule has 3 heteroatoms. The lowest BCUT2D eigenvalue weighted by Crippen LogP contribution is -2.41. The summed E-state index contributed by atoms with van der Waals surface area (Å²) in [6.07, 6.45) is 7.06. The van der Waals surface area contributed by atoms with E-state index in [4.69, 9.17) is 0 Å². The van der Waals surface area contributed by atoms with Crippen LogP contribution >= 0.6 is 15.9 Å². The molecule has 1 aromatic rings. The normalized spacial score (nSPS) is 28.1. The van der Waals surface area contributed by atoms with Crippen molar-refractivity contribution in [3.05, 3.63) is 34.1 Å². The van der Waals surface area contributed by atoms with Gasteiger partial charge in [-0.25, -0.2) is 4.39 Å². The summed E-state index contributed by atoms with van der Waals surface area (Å²) >= 11 is 3.27. The molecule has 2 unspecified atom stereocenters. The van der Waals surface area contributed by atoms with Gasteiger partial charge in [0.1, 0.15) is 5.82 Å². The van der Waals surface area contributed by atoms with Crippen LogP contribution in [0.2, 0.25) is 0 Å². The summed E-state index contributed by atoms with van der Waals surface area (Å²) in [5, 5.41) is 0. The van der Waals surface area contributed by atoms with Gasteiger partial charge in [-0.3, -0.25) is 4.90 Å². The van der Waals surface area contributed by atoms with Crippen molar-refractivity contribution in [2.24, 2.45) is 11.8 Å². The molecule has 0 aromatic heterocycles. The van der Waals surface area contributed by atoms with Crippen molar-refractivity contribution in [3.8, 4) is 0 Å². The van der Waals surface area contributed by atoms with Gasteiger partial charge in [0.2, 0.25) is 0 Å². The molecule has 0 N–H and O–H groups in total. The van der Waals surface area contributed by atoms with Gasteiger partial charge < -0.3 is 0 Å². The molecule has 2 fully saturated rings. The second kappa shape index (κ2) is 5.92. The Balaban J connectivity index is 1.62. The van der Waals surface area contributed by atoms with E-state index in [0.29, 0.717) is 4.47 Å². The minimum Gasteiger partial charge on any atom is -0.299 e.